The third kappa shape index (κ3) is 3.85. The van der Waals surface area contributed by atoms with Crippen LogP contribution < -0.4 is 10.2 Å². The first-order chi connectivity index (χ1) is 13.1. The van der Waals surface area contributed by atoms with E-state index < -0.39 is 0 Å². The topological polar surface area (TPSA) is 62.3 Å². The van der Waals surface area contributed by atoms with Crippen LogP contribution in [0.3, 0.4) is 0 Å². The van der Waals surface area contributed by atoms with Gasteiger partial charge in [0, 0.05) is 24.3 Å². The molecule has 0 bridgehead atoms. The van der Waals surface area contributed by atoms with Gasteiger partial charge in [-0.3, -0.25) is 9.59 Å². The highest BCUT2D eigenvalue weighted by Gasteiger charge is 2.27. The lowest BCUT2D eigenvalue weighted by Gasteiger charge is -2.31. The average Bonchev–Trinajstić information content (AvgIpc) is 3.12. The van der Waals surface area contributed by atoms with E-state index in [-0.39, 0.29) is 17.6 Å². The molecule has 1 aliphatic rings. The summed E-state index contributed by atoms with van der Waals surface area (Å²) < 4.78 is 1.17. The zero-order valence-electron chi connectivity index (χ0n) is 15.1. The van der Waals surface area contributed by atoms with Gasteiger partial charge in [0.25, 0.3) is 0 Å². The fourth-order valence-electron chi connectivity index (χ4n) is 3.42. The molecule has 1 N–H and O–H groups in total. The Morgan fingerprint density at radius 3 is 2.85 bits per heavy atom. The van der Waals surface area contributed by atoms with Gasteiger partial charge in [0.2, 0.25) is 5.91 Å². The lowest BCUT2D eigenvalue weighted by Crippen LogP contribution is -2.40. The van der Waals surface area contributed by atoms with Gasteiger partial charge in [0.1, 0.15) is 0 Å². The fourth-order valence-corrected chi connectivity index (χ4v) is 4.42. The highest BCUT2D eigenvalue weighted by atomic mass is 32.1. The van der Waals surface area contributed by atoms with Crippen molar-refractivity contribution >= 4 is 44.1 Å². The zero-order valence-corrected chi connectivity index (χ0v) is 16.0. The Bertz CT molecular complexity index is 965. The molecule has 1 unspecified atom stereocenters. The van der Waals surface area contributed by atoms with E-state index >= 15 is 0 Å². The first kappa shape index (κ1) is 17.7. The molecule has 1 aliphatic heterocycles. The number of anilines is 2. The number of rotatable bonds is 4. The molecule has 4 rings (SSSR count). The number of benzene rings is 2. The predicted molar refractivity (Wildman–Crippen MR) is 110 cm³/mol. The van der Waals surface area contributed by atoms with E-state index in [4.69, 9.17) is 4.98 Å². The van der Waals surface area contributed by atoms with Gasteiger partial charge in [-0.05, 0) is 44.0 Å². The van der Waals surface area contributed by atoms with Crippen LogP contribution in [0.15, 0.2) is 48.5 Å². The number of fused-ring (bicyclic) bond motifs is 1. The SMILES string of the molecule is CC(=O)c1cccc(NC(=O)C2CCCN(c3nc4ccccc4s3)C2)c1. The Morgan fingerprint density at radius 1 is 1.19 bits per heavy atom. The minimum Gasteiger partial charge on any atom is -0.347 e. The minimum atomic E-state index is -0.0910. The van der Waals surface area contributed by atoms with Crippen LogP contribution in [-0.4, -0.2) is 29.8 Å². The van der Waals surface area contributed by atoms with Crippen molar-refractivity contribution in [1.82, 2.24) is 4.98 Å². The molecule has 1 fully saturated rings. The van der Waals surface area contributed by atoms with E-state index in [0.717, 1.165) is 30.0 Å². The molecule has 1 atom stereocenters. The van der Waals surface area contributed by atoms with Crippen LogP contribution >= 0.6 is 11.3 Å². The molecule has 2 heterocycles. The van der Waals surface area contributed by atoms with Gasteiger partial charge in [-0.15, -0.1) is 0 Å². The van der Waals surface area contributed by atoms with Crippen molar-refractivity contribution in [2.24, 2.45) is 5.92 Å². The van der Waals surface area contributed by atoms with E-state index in [1.165, 1.54) is 11.6 Å². The molecule has 1 amide bonds. The summed E-state index contributed by atoms with van der Waals surface area (Å²) in [6, 6.07) is 15.2. The molecule has 138 valence electrons. The van der Waals surface area contributed by atoms with Crippen molar-refractivity contribution < 1.29 is 9.59 Å². The number of nitrogens with one attached hydrogen (secondary N) is 1. The largest absolute Gasteiger partial charge is 0.347 e. The number of nitrogens with zero attached hydrogens (tertiary/aromatic N) is 2. The van der Waals surface area contributed by atoms with Crippen molar-refractivity contribution in [3.63, 3.8) is 0 Å². The monoisotopic (exact) mass is 379 g/mol. The van der Waals surface area contributed by atoms with Gasteiger partial charge in [0.05, 0.1) is 16.1 Å². The van der Waals surface area contributed by atoms with E-state index in [9.17, 15) is 9.59 Å². The van der Waals surface area contributed by atoms with E-state index in [1.54, 1.807) is 29.5 Å². The summed E-state index contributed by atoms with van der Waals surface area (Å²) in [4.78, 5) is 31.2. The summed E-state index contributed by atoms with van der Waals surface area (Å²) in [5.74, 6) is -0.0981. The van der Waals surface area contributed by atoms with E-state index in [0.29, 0.717) is 17.8 Å². The maximum Gasteiger partial charge on any atom is 0.229 e. The van der Waals surface area contributed by atoms with Gasteiger partial charge in [-0.25, -0.2) is 4.98 Å². The van der Waals surface area contributed by atoms with Crippen molar-refractivity contribution in [2.75, 3.05) is 23.3 Å². The van der Waals surface area contributed by atoms with Gasteiger partial charge in [-0.1, -0.05) is 35.6 Å². The third-order valence-corrected chi connectivity index (χ3v) is 5.98. The van der Waals surface area contributed by atoms with Crippen LogP contribution in [-0.2, 0) is 4.79 Å². The van der Waals surface area contributed by atoms with Crippen LogP contribution in [0.4, 0.5) is 10.8 Å². The number of hydrogen-bond acceptors (Lipinski definition) is 5. The number of piperidine rings is 1. The Hall–Kier alpha value is -2.73. The lowest BCUT2D eigenvalue weighted by atomic mass is 9.97. The molecular weight excluding hydrogens is 358 g/mol. The van der Waals surface area contributed by atoms with E-state index in [1.807, 2.05) is 24.3 Å². The number of para-hydroxylation sites is 1. The van der Waals surface area contributed by atoms with Crippen LogP contribution in [0.5, 0.6) is 0 Å². The standard InChI is InChI=1S/C21H21N3O2S/c1-14(25)15-6-4-8-17(12-15)22-20(26)16-7-5-11-24(13-16)21-23-18-9-2-3-10-19(18)27-21/h2-4,6,8-10,12,16H,5,7,11,13H2,1H3,(H,22,26). The van der Waals surface area contributed by atoms with Crippen LogP contribution in [0.25, 0.3) is 10.2 Å². The molecular formula is C21H21N3O2S. The Kier molecular flexibility index (Phi) is 4.90. The second kappa shape index (κ2) is 7.48. The lowest BCUT2D eigenvalue weighted by molar-refractivity contribution is -0.120. The number of Topliss-reactive ketones (excluding diaryl/α,β-unsaturated/α-hetero) is 1. The highest BCUT2D eigenvalue weighted by molar-refractivity contribution is 7.22. The Balaban J connectivity index is 1.46. The highest BCUT2D eigenvalue weighted by Crippen LogP contribution is 2.31. The summed E-state index contributed by atoms with van der Waals surface area (Å²) in [6.07, 6.45) is 1.82. The first-order valence-electron chi connectivity index (χ1n) is 9.12. The van der Waals surface area contributed by atoms with E-state index in [2.05, 4.69) is 16.3 Å². The third-order valence-electron chi connectivity index (χ3n) is 4.88. The normalized spacial score (nSPS) is 17.1. The molecule has 1 aromatic heterocycles. The van der Waals surface area contributed by atoms with Crippen molar-refractivity contribution in [3.05, 3.63) is 54.1 Å². The van der Waals surface area contributed by atoms with Gasteiger partial charge in [0.15, 0.2) is 10.9 Å². The summed E-state index contributed by atoms with van der Waals surface area (Å²) in [7, 11) is 0. The fraction of sp³-hybridized carbons (Fsp3) is 0.286. The maximum absolute atomic E-state index is 12.8. The van der Waals surface area contributed by atoms with Crippen LogP contribution in [0.2, 0.25) is 0 Å². The molecule has 6 heteroatoms. The number of hydrogen-bond donors (Lipinski definition) is 1. The molecule has 27 heavy (non-hydrogen) atoms. The van der Waals surface area contributed by atoms with Crippen LogP contribution in [0.1, 0.15) is 30.1 Å². The van der Waals surface area contributed by atoms with Gasteiger partial charge < -0.3 is 10.2 Å². The number of thiazole rings is 1. The number of carbonyl (C=O) groups excluding carboxylic acids is 2. The number of aromatic nitrogens is 1. The first-order valence-corrected chi connectivity index (χ1v) is 9.94. The molecule has 5 nitrogen and oxygen atoms in total. The van der Waals surface area contributed by atoms with Crippen molar-refractivity contribution in [2.45, 2.75) is 19.8 Å². The quantitative estimate of drug-likeness (QED) is 0.685. The van der Waals surface area contributed by atoms with Gasteiger partial charge in [-0.2, -0.15) is 0 Å². The summed E-state index contributed by atoms with van der Waals surface area (Å²) in [5.41, 5.74) is 2.28. The molecule has 2 aromatic carbocycles. The molecule has 0 aliphatic carbocycles. The predicted octanol–water partition coefficient (Wildman–Crippen LogP) is 4.35. The smallest absolute Gasteiger partial charge is 0.229 e. The molecule has 3 aromatic rings. The second-order valence-electron chi connectivity index (χ2n) is 6.88. The molecule has 0 radical (unpaired) electrons. The maximum atomic E-state index is 12.8. The summed E-state index contributed by atoms with van der Waals surface area (Å²) in [6.45, 7) is 3.11. The van der Waals surface area contributed by atoms with Crippen LogP contribution in [0, 0.1) is 5.92 Å². The second-order valence-corrected chi connectivity index (χ2v) is 7.88. The number of carbonyl (C=O) groups is 2. The summed E-state index contributed by atoms with van der Waals surface area (Å²) >= 11 is 1.67. The van der Waals surface area contributed by atoms with Crippen molar-refractivity contribution in [3.8, 4) is 0 Å². The summed E-state index contributed by atoms with van der Waals surface area (Å²) in [5, 5.41) is 3.95. The average molecular weight is 379 g/mol. The molecule has 0 spiro atoms. The Morgan fingerprint density at radius 2 is 2.04 bits per heavy atom. The van der Waals surface area contributed by atoms with Crippen molar-refractivity contribution in [1.29, 1.82) is 0 Å². The Labute approximate surface area is 162 Å². The number of ketones is 1. The number of amides is 1. The zero-order chi connectivity index (χ0) is 18.8. The molecule has 0 saturated carbocycles. The minimum absolute atomic E-state index is 0.00140. The molecule has 1 saturated heterocycles. The van der Waals surface area contributed by atoms with Gasteiger partial charge >= 0.3 is 0 Å².